The number of rotatable bonds is 6. The minimum atomic E-state index is 0.0395. The molecule has 2 rings (SSSR count). The second-order valence-corrected chi connectivity index (χ2v) is 5.03. The zero-order valence-electron chi connectivity index (χ0n) is 12.3. The van der Waals surface area contributed by atoms with Crippen molar-refractivity contribution in [2.45, 2.75) is 19.8 Å². The zero-order valence-corrected chi connectivity index (χ0v) is 12.3. The topological polar surface area (TPSA) is 55.8 Å². The normalized spacial score (nSPS) is 14.8. The van der Waals surface area contributed by atoms with Gasteiger partial charge in [-0.05, 0) is 37.6 Å². The maximum absolute atomic E-state index is 11.9. The van der Waals surface area contributed by atoms with Crippen molar-refractivity contribution in [3.63, 3.8) is 0 Å². The highest BCUT2D eigenvalue weighted by molar-refractivity contribution is 5.94. The number of ether oxygens (including phenoxy) is 2. The van der Waals surface area contributed by atoms with Gasteiger partial charge in [0.2, 0.25) is 5.91 Å². The van der Waals surface area contributed by atoms with Crippen LogP contribution in [0.4, 0.5) is 0 Å². The van der Waals surface area contributed by atoms with Gasteiger partial charge in [-0.3, -0.25) is 9.59 Å². The van der Waals surface area contributed by atoms with Crippen molar-refractivity contribution in [3.05, 3.63) is 29.8 Å². The molecule has 1 heterocycles. The summed E-state index contributed by atoms with van der Waals surface area (Å²) in [6.45, 7) is 4.66. The maximum atomic E-state index is 11.9. The van der Waals surface area contributed by atoms with Crippen molar-refractivity contribution < 1.29 is 19.1 Å². The van der Waals surface area contributed by atoms with Crippen LogP contribution < -0.4 is 4.74 Å². The average Bonchev–Trinajstić information content (AvgIpc) is 2.52. The van der Waals surface area contributed by atoms with Gasteiger partial charge < -0.3 is 14.4 Å². The molecule has 1 aliphatic heterocycles. The Hall–Kier alpha value is -1.88. The largest absolute Gasteiger partial charge is 0.494 e. The van der Waals surface area contributed by atoms with E-state index in [9.17, 15) is 9.59 Å². The Morgan fingerprint density at radius 1 is 1.19 bits per heavy atom. The van der Waals surface area contributed by atoms with E-state index in [-0.39, 0.29) is 11.7 Å². The Bertz CT molecular complexity index is 478. The zero-order chi connectivity index (χ0) is 15.1. The number of amides is 1. The van der Waals surface area contributed by atoms with E-state index in [1.165, 1.54) is 6.92 Å². The third-order valence-corrected chi connectivity index (χ3v) is 3.43. The molecule has 0 spiro atoms. The monoisotopic (exact) mass is 291 g/mol. The number of hydrogen-bond acceptors (Lipinski definition) is 4. The summed E-state index contributed by atoms with van der Waals surface area (Å²) >= 11 is 0. The van der Waals surface area contributed by atoms with Crippen LogP contribution in [-0.4, -0.2) is 49.5 Å². The van der Waals surface area contributed by atoms with Gasteiger partial charge in [0, 0.05) is 25.1 Å². The fourth-order valence-corrected chi connectivity index (χ4v) is 2.17. The van der Waals surface area contributed by atoms with Gasteiger partial charge in [-0.2, -0.15) is 0 Å². The van der Waals surface area contributed by atoms with Crippen LogP contribution in [0.25, 0.3) is 0 Å². The van der Waals surface area contributed by atoms with Gasteiger partial charge in [-0.1, -0.05) is 0 Å². The second kappa shape index (κ2) is 7.78. The summed E-state index contributed by atoms with van der Waals surface area (Å²) in [6.07, 6.45) is 1.18. The van der Waals surface area contributed by atoms with Crippen LogP contribution in [0.5, 0.6) is 5.75 Å². The average molecular weight is 291 g/mol. The fraction of sp³-hybridized carbons (Fsp3) is 0.500. The number of nitrogens with zero attached hydrogens (tertiary/aromatic N) is 1. The predicted molar refractivity (Wildman–Crippen MR) is 78.6 cm³/mol. The molecule has 1 aromatic rings. The van der Waals surface area contributed by atoms with E-state index in [4.69, 9.17) is 9.47 Å². The first-order chi connectivity index (χ1) is 10.2. The molecule has 0 atom stereocenters. The lowest BCUT2D eigenvalue weighted by Gasteiger charge is -2.26. The second-order valence-electron chi connectivity index (χ2n) is 5.03. The lowest BCUT2D eigenvalue weighted by molar-refractivity contribution is -0.135. The molecule has 1 fully saturated rings. The summed E-state index contributed by atoms with van der Waals surface area (Å²) in [6, 6.07) is 7.05. The van der Waals surface area contributed by atoms with Gasteiger partial charge in [0.25, 0.3) is 0 Å². The van der Waals surface area contributed by atoms with Gasteiger partial charge in [-0.25, -0.2) is 0 Å². The molecule has 0 bridgehead atoms. The minimum Gasteiger partial charge on any atom is -0.494 e. The van der Waals surface area contributed by atoms with E-state index < -0.39 is 0 Å². The van der Waals surface area contributed by atoms with Crippen LogP contribution >= 0.6 is 0 Å². The third kappa shape index (κ3) is 4.86. The van der Waals surface area contributed by atoms with E-state index in [1.54, 1.807) is 24.3 Å². The molecule has 1 aromatic carbocycles. The molecule has 5 heteroatoms. The summed E-state index contributed by atoms with van der Waals surface area (Å²) in [4.78, 5) is 24.9. The molecule has 5 nitrogen and oxygen atoms in total. The van der Waals surface area contributed by atoms with Gasteiger partial charge in [0.1, 0.15) is 5.75 Å². The van der Waals surface area contributed by atoms with Crippen LogP contribution in [-0.2, 0) is 9.53 Å². The van der Waals surface area contributed by atoms with Crippen molar-refractivity contribution >= 4 is 11.7 Å². The Morgan fingerprint density at radius 3 is 2.48 bits per heavy atom. The van der Waals surface area contributed by atoms with Gasteiger partial charge in [0.05, 0.1) is 19.8 Å². The van der Waals surface area contributed by atoms with Crippen LogP contribution in [0.2, 0.25) is 0 Å². The van der Waals surface area contributed by atoms with Crippen molar-refractivity contribution in [3.8, 4) is 5.75 Å². The number of ketones is 1. The molecule has 0 aliphatic carbocycles. The first-order valence-electron chi connectivity index (χ1n) is 7.26. The molecule has 0 N–H and O–H groups in total. The SMILES string of the molecule is CC(=O)c1ccc(OCCCC(=O)N2CCOCC2)cc1. The summed E-state index contributed by atoms with van der Waals surface area (Å²) < 4.78 is 10.8. The molecule has 1 saturated heterocycles. The summed E-state index contributed by atoms with van der Waals surface area (Å²) in [5.41, 5.74) is 0.671. The molecule has 0 unspecified atom stereocenters. The van der Waals surface area contributed by atoms with E-state index >= 15 is 0 Å². The summed E-state index contributed by atoms with van der Waals surface area (Å²) in [7, 11) is 0. The Balaban J connectivity index is 1.67. The summed E-state index contributed by atoms with van der Waals surface area (Å²) in [5, 5.41) is 0. The molecule has 21 heavy (non-hydrogen) atoms. The van der Waals surface area contributed by atoms with Gasteiger partial charge >= 0.3 is 0 Å². The van der Waals surface area contributed by atoms with Crippen molar-refractivity contribution in [1.29, 1.82) is 0 Å². The number of carbonyl (C=O) groups is 2. The minimum absolute atomic E-state index is 0.0395. The van der Waals surface area contributed by atoms with Crippen LogP contribution in [0.1, 0.15) is 30.1 Å². The van der Waals surface area contributed by atoms with E-state index in [0.717, 1.165) is 5.75 Å². The predicted octanol–water partition coefficient (Wildman–Crippen LogP) is 1.91. The number of benzene rings is 1. The lowest BCUT2D eigenvalue weighted by Crippen LogP contribution is -2.40. The first kappa shape index (κ1) is 15.5. The Kier molecular flexibility index (Phi) is 5.75. The molecule has 1 amide bonds. The molecular formula is C16H21NO4. The highest BCUT2D eigenvalue weighted by Crippen LogP contribution is 2.13. The Morgan fingerprint density at radius 2 is 1.86 bits per heavy atom. The molecule has 0 saturated carbocycles. The van der Waals surface area contributed by atoms with E-state index in [2.05, 4.69) is 0 Å². The van der Waals surface area contributed by atoms with Gasteiger partial charge in [0.15, 0.2) is 5.78 Å². The van der Waals surface area contributed by atoms with Gasteiger partial charge in [-0.15, -0.1) is 0 Å². The Labute approximate surface area is 124 Å². The molecule has 114 valence electrons. The van der Waals surface area contributed by atoms with Crippen LogP contribution in [0.3, 0.4) is 0 Å². The number of Topliss-reactive ketones (excluding diaryl/α,β-unsaturated/α-hetero) is 1. The standard InChI is InChI=1S/C16H21NO4/c1-13(18)14-4-6-15(7-5-14)21-10-2-3-16(19)17-8-11-20-12-9-17/h4-7H,2-3,8-12H2,1H3. The maximum Gasteiger partial charge on any atom is 0.222 e. The third-order valence-electron chi connectivity index (χ3n) is 3.43. The smallest absolute Gasteiger partial charge is 0.222 e. The van der Waals surface area contributed by atoms with Crippen molar-refractivity contribution in [1.82, 2.24) is 4.90 Å². The lowest BCUT2D eigenvalue weighted by atomic mass is 10.1. The molecule has 1 aliphatic rings. The molecular weight excluding hydrogens is 270 g/mol. The highest BCUT2D eigenvalue weighted by Gasteiger charge is 2.15. The van der Waals surface area contributed by atoms with E-state index in [0.29, 0.717) is 51.3 Å². The highest BCUT2D eigenvalue weighted by atomic mass is 16.5. The first-order valence-corrected chi connectivity index (χ1v) is 7.26. The number of morpholine rings is 1. The summed E-state index contributed by atoms with van der Waals surface area (Å²) in [5.74, 6) is 0.922. The van der Waals surface area contributed by atoms with Crippen LogP contribution in [0, 0.1) is 0 Å². The number of hydrogen-bond donors (Lipinski definition) is 0. The van der Waals surface area contributed by atoms with Crippen molar-refractivity contribution in [2.75, 3.05) is 32.9 Å². The fourth-order valence-electron chi connectivity index (χ4n) is 2.17. The number of carbonyl (C=O) groups excluding carboxylic acids is 2. The molecule has 0 radical (unpaired) electrons. The molecule has 0 aromatic heterocycles. The van der Waals surface area contributed by atoms with E-state index in [1.807, 2.05) is 4.90 Å². The quantitative estimate of drug-likeness (QED) is 0.593. The van der Waals surface area contributed by atoms with Crippen molar-refractivity contribution in [2.24, 2.45) is 0 Å². The van der Waals surface area contributed by atoms with Crippen LogP contribution in [0.15, 0.2) is 24.3 Å².